The van der Waals surface area contributed by atoms with Gasteiger partial charge < -0.3 is 9.88 Å². The van der Waals surface area contributed by atoms with E-state index in [1.807, 2.05) is 29.1 Å². The number of nitrogens with one attached hydrogen (secondary N) is 1. The van der Waals surface area contributed by atoms with Crippen LogP contribution in [-0.4, -0.2) is 25.1 Å². The quantitative estimate of drug-likeness (QED) is 0.887. The molecule has 2 rings (SSSR count). The van der Waals surface area contributed by atoms with Crippen molar-refractivity contribution >= 4 is 21.4 Å². The molecule has 2 aromatic rings. The highest BCUT2D eigenvalue weighted by Crippen LogP contribution is 2.19. The van der Waals surface area contributed by atoms with Crippen LogP contribution < -0.4 is 5.32 Å². The van der Waals surface area contributed by atoms with Crippen LogP contribution in [0.15, 0.2) is 47.6 Å². The van der Waals surface area contributed by atoms with Crippen LogP contribution in [0.5, 0.6) is 0 Å². The molecule has 0 saturated heterocycles. The average Bonchev–Trinajstić information content (AvgIpc) is 2.93. The zero-order valence-corrected chi connectivity index (χ0v) is 12.9. The molecule has 0 radical (unpaired) electrons. The first kappa shape index (κ1) is 16.2. The second-order valence-corrected chi connectivity index (χ2v) is 6.97. The number of amides is 1. The van der Waals surface area contributed by atoms with E-state index in [-0.39, 0.29) is 11.6 Å². The molecule has 0 saturated carbocycles. The molecule has 0 atom stereocenters. The van der Waals surface area contributed by atoms with Crippen molar-refractivity contribution in [1.29, 1.82) is 0 Å². The number of hydrogen-bond donors (Lipinski definition) is 1. The van der Waals surface area contributed by atoms with Crippen molar-refractivity contribution < 1.29 is 17.6 Å². The SMILES string of the molecule is CS(=O)(=O)c1cc(NC(=O)CCCn2cccc2)ccc1F. The molecule has 118 valence electrons. The lowest BCUT2D eigenvalue weighted by Crippen LogP contribution is -2.13. The Labute approximate surface area is 128 Å². The first-order valence-electron chi connectivity index (χ1n) is 6.76. The zero-order valence-electron chi connectivity index (χ0n) is 12.1. The van der Waals surface area contributed by atoms with Gasteiger partial charge in [-0.2, -0.15) is 0 Å². The number of aromatic nitrogens is 1. The molecular formula is C15H17FN2O3S. The standard InChI is InChI=1S/C15H17FN2O3S/c1-22(20,21)14-11-12(6-7-13(14)16)17-15(19)5-4-10-18-8-2-3-9-18/h2-3,6-9,11H,4-5,10H2,1H3,(H,17,19). The van der Waals surface area contributed by atoms with Crippen molar-refractivity contribution in [3.63, 3.8) is 0 Å². The summed E-state index contributed by atoms with van der Waals surface area (Å²) in [5.74, 6) is -1.06. The highest BCUT2D eigenvalue weighted by atomic mass is 32.2. The van der Waals surface area contributed by atoms with Crippen molar-refractivity contribution in [3.8, 4) is 0 Å². The Morgan fingerprint density at radius 1 is 1.27 bits per heavy atom. The fourth-order valence-electron chi connectivity index (χ4n) is 2.03. The molecular weight excluding hydrogens is 307 g/mol. The Morgan fingerprint density at radius 2 is 1.95 bits per heavy atom. The van der Waals surface area contributed by atoms with E-state index in [0.29, 0.717) is 12.8 Å². The molecule has 0 aliphatic carbocycles. The zero-order chi connectivity index (χ0) is 16.2. The molecule has 0 bridgehead atoms. The third kappa shape index (κ3) is 4.42. The second-order valence-electron chi connectivity index (χ2n) is 4.99. The third-order valence-electron chi connectivity index (χ3n) is 3.10. The summed E-state index contributed by atoms with van der Waals surface area (Å²) in [6.45, 7) is 0.721. The van der Waals surface area contributed by atoms with Crippen molar-refractivity contribution in [1.82, 2.24) is 4.57 Å². The van der Waals surface area contributed by atoms with Crippen LogP contribution in [0.3, 0.4) is 0 Å². The molecule has 1 heterocycles. The second kappa shape index (κ2) is 6.74. The summed E-state index contributed by atoms with van der Waals surface area (Å²) in [7, 11) is -3.67. The summed E-state index contributed by atoms with van der Waals surface area (Å²) in [4.78, 5) is 11.4. The number of aryl methyl sites for hydroxylation is 1. The smallest absolute Gasteiger partial charge is 0.224 e. The monoisotopic (exact) mass is 324 g/mol. The summed E-state index contributed by atoms with van der Waals surface area (Å²) >= 11 is 0. The van der Waals surface area contributed by atoms with Gasteiger partial charge >= 0.3 is 0 Å². The van der Waals surface area contributed by atoms with Gasteiger partial charge in [-0.25, -0.2) is 12.8 Å². The first-order chi connectivity index (χ1) is 10.4. The number of hydrogen-bond acceptors (Lipinski definition) is 3. The minimum Gasteiger partial charge on any atom is -0.354 e. The Balaban J connectivity index is 1.94. The maximum absolute atomic E-state index is 13.5. The van der Waals surface area contributed by atoms with Gasteiger partial charge in [0.2, 0.25) is 5.91 Å². The van der Waals surface area contributed by atoms with E-state index in [2.05, 4.69) is 5.32 Å². The molecule has 22 heavy (non-hydrogen) atoms. The van der Waals surface area contributed by atoms with Crippen LogP contribution >= 0.6 is 0 Å². The van der Waals surface area contributed by atoms with E-state index in [4.69, 9.17) is 0 Å². The number of carbonyl (C=O) groups is 1. The van der Waals surface area contributed by atoms with Gasteiger partial charge in [-0.05, 0) is 36.8 Å². The van der Waals surface area contributed by atoms with Crippen LogP contribution in [0, 0.1) is 5.82 Å². The molecule has 1 aromatic heterocycles. The summed E-state index contributed by atoms with van der Waals surface area (Å²) in [5.41, 5.74) is 0.271. The van der Waals surface area contributed by atoms with Crippen molar-refractivity contribution in [2.24, 2.45) is 0 Å². The highest BCUT2D eigenvalue weighted by Gasteiger charge is 2.15. The highest BCUT2D eigenvalue weighted by molar-refractivity contribution is 7.90. The molecule has 0 aliphatic rings. The normalized spacial score (nSPS) is 11.4. The Bertz CT molecular complexity index is 755. The number of carbonyl (C=O) groups excluding carboxylic acids is 1. The molecule has 1 aromatic carbocycles. The van der Waals surface area contributed by atoms with Gasteiger partial charge in [0, 0.05) is 37.3 Å². The number of nitrogens with zero attached hydrogens (tertiary/aromatic N) is 1. The Morgan fingerprint density at radius 3 is 2.59 bits per heavy atom. The molecule has 1 amide bonds. The topological polar surface area (TPSA) is 68.2 Å². The fourth-order valence-corrected chi connectivity index (χ4v) is 2.79. The van der Waals surface area contributed by atoms with Gasteiger partial charge in [0.1, 0.15) is 10.7 Å². The van der Waals surface area contributed by atoms with Gasteiger partial charge in [0.15, 0.2) is 9.84 Å². The lowest BCUT2D eigenvalue weighted by molar-refractivity contribution is -0.116. The molecule has 0 aliphatic heterocycles. The number of anilines is 1. The Hall–Kier alpha value is -2.15. The predicted octanol–water partition coefficient (Wildman–Crippen LogP) is 2.45. The molecule has 0 fully saturated rings. The van der Waals surface area contributed by atoms with Gasteiger partial charge in [0.05, 0.1) is 0 Å². The number of rotatable bonds is 6. The maximum Gasteiger partial charge on any atom is 0.224 e. The van der Waals surface area contributed by atoms with Crippen molar-refractivity contribution in [3.05, 3.63) is 48.5 Å². The van der Waals surface area contributed by atoms with Crippen molar-refractivity contribution in [2.75, 3.05) is 11.6 Å². The summed E-state index contributed by atoms with van der Waals surface area (Å²) < 4.78 is 38.3. The molecule has 1 N–H and O–H groups in total. The van der Waals surface area contributed by atoms with Crippen molar-refractivity contribution in [2.45, 2.75) is 24.3 Å². The van der Waals surface area contributed by atoms with E-state index in [1.54, 1.807) is 0 Å². The van der Waals surface area contributed by atoms with E-state index in [9.17, 15) is 17.6 Å². The predicted molar refractivity (Wildman–Crippen MR) is 81.8 cm³/mol. The summed E-state index contributed by atoms with van der Waals surface area (Å²) in [6, 6.07) is 7.32. The lowest BCUT2D eigenvalue weighted by Gasteiger charge is -2.08. The average molecular weight is 324 g/mol. The summed E-state index contributed by atoms with van der Waals surface area (Å²) in [6.07, 6.45) is 5.70. The first-order valence-corrected chi connectivity index (χ1v) is 8.65. The summed E-state index contributed by atoms with van der Waals surface area (Å²) in [5, 5.41) is 2.58. The van der Waals surface area contributed by atoms with Gasteiger partial charge in [-0.3, -0.25) is 4.79 Å². The molecule has 5 nitrogen and oxygen atoms in total. The van der Waals surface area contributed by atoms with Gasteiger partial charge in [0.25, 0.3) is 0 Å². The van der Waals surface area contributed by atoms with Gasteiger partial charge in [-0.1, -0.05) is 0 Å². The van der Waals surface area contributed by atoms with Crippen LogP contribution in [0.25, 0.3) is 0 Å². The van der Waals surface area contributed by atoms with E-state index >= 15 is 0 Å². The van der Waals surface area contributed by atoms with Gasteiger partial charge in [-0.15, -0.1) is 0 Å². The van der Waals surface area contributed by atoms with Crippen LogP contribution in [0.4, 0.5) is 10.1 Å². The van der Waals surface area contributed by atoms with E-state index in [0.717, 1.165) is 24.9 Å². The number of sulfone groups is 1. The largest absolute Gasteiger partial charge is 0.354 e. The Kier molecular flexibility index (Phi) is 4.97. The van der Waals surface area contributed by atoms with Crippen LogP contribution in [-0.2, 0) is 21.2 Å². The van der Waals surface area contributed by atoms with Crippen LogP contribution in [0.2, 0.25) is 0 Å². The van der Waals surface area contributed by atoms with E-state index in [1.165, 1.54) is 6.07 Å². The van der Waals surface area contributed by atoms with E-state index < -0.39 is 20.5 Å². The minimum atomic E-state index is -3.67. The third-order valence-corrected chi connectivity index (χ3v) is 4.21. The minimum absolute atomic E-state index is 0.238. The number of benzene rings is 1. The number of halogens is 1. The molecule has 7 heteroatoms. The fraction of sp³-hybridized carbons (Fsp3) is 0.267. The lowest BCUT2D eigenvalue weighted by atomic mass is 10.2. The molecule has 0 spiro atoms. The van der Waals surface area contributed by atoms with Crippen LogP contribution in [0.1, 0.15) is 12.8 Å². The maximum atomic E-state index is 13.5. The molecule has 0 unspecified atom stereocenters.